The van der Waals surface area contributed by atoms with Crippen LogP contribution in [0.2, 0.25) is 0 Å². The van der Waals surface area contributed by atoms with Crippen molar-refractivity contribution >= 4 is 17.4 Å². The van der Waals surface area contributed by atoms with E-state index in [9.17, 15) is 4.79 Å². The van der Waals surface area contributed by atoms with Crippen molar-refractivity contribution in [3.8, 4) is 0 Å². The number of rotatable bonds is 8. The van der Waals surface area contributed by atoms with E-state index in [-0.39, 0.29) is 12.1 Å². The number of allylic oxidation sites excluding steroid dienone is 3. The highest BCUT2D eigenvalue weighted by atomic mass is 32.1. The molecule has 0 radical (unpaired) electrons. The molecule has 1 heterocycles. The normalized spacial score (nSPS) is 16.6. The standard InChI is InChI=1S/C19H29N3OS/c1-15(11-17-9-10-24-14-17)21-19(23)20-13-18(22(2)3)12-16-7-5-4-6-8-16/h4-5,7,9-10,14-15,18H,6,8,11-13H2,1-3H3,(H2,20,21,23)/t15-,18?/m0/s1. The topological polar surface area (TPSA) is 44.4 Å². The van der Waals surface area contributed by atoms with Crippen LogP contribution in [0.4, 0.5) is 4.79 Å². The second kappa shape index (κ2) is 9.64. The second-order valence-electron chi connectivity index (χ2n) is 6.70. The van der Waals surface area contributed by atoms with Gasteiger partial charge in [-0.1, -0.05) is 23.8 Å². The van der Waals surface area contributed by atoms with Crippen molar-refractivity contribution in [3.63, 3.8) is 0 Å². The summed E-state index contributed by atoms with van der Waals surface area (Å²) < 4.78 is 0. The van der Waals surface area contributed by atoms with Crippen molar-refractivity contribution < 1.29 is 4.79 Å². The van der Waals surface area contributed by atoms with Crippen LogP contribution < -0.4 is 10.6 Å². The molecule has 1 unspecified atom stereocenters. The highest BCUT2D eigenvalue weighted by Crippen LogP contribution is 2.18. The summed E-state index contributed by atoms with van der Waals surface area (Å²) in [6.07, 6.45) is 10.7. The Hall–Kier alpha value is -1.59. The molecule has 0 aromatic carbocycles. The minimum Gasteiger partial charge on any atom is -0.337 e. The molecular weight excluding hydrogens is 318 g/mol. The highest BCUT2D eigenvalue weighted by molar-refractivity contribution is 7.07. The Morgan fingerprint density at radius 3 is 2.83 bits per heavy atom. The predicted octanol–water partition coefficient (Wildman–Crippen LogP) is 3.58. The number of likely N-dealkylation sites (N-methyl/N-ethyl adjacent to an activating group) is 1. The van der Waals surface area contributed by atoms with E-state index in [1.54, 1.807) is 11.3 Å². The van der Waals surface area contributed by atoms with Crippen molar-refractivity contribution in [2.45, 2.75) is 44.7 Å². The van der Waals surface area contributed by atoms with Gasteiger partial charge in [0.2, 0.25) is 0 Å². The summed E-state index contributed by atoms with van der Waals surface area (Å²) in [5.74, 6) is 0. The molecule has 0 aliphatic heterocycles. The number of thiophene rings is 1. The molecule has 4 nitrogen and oxygen atoms in total. The molecule has 24 heavy (non-hydrogen) atoms. The maximum Gasteiger partial charge on any atom is 0.315 e. The Balaban J connectivity index is 1.75. The van der Waals surface area contributed by atoms with E-state index in [2.05, 4.69) is 64.7 Å². The average molecular weight is 348 g/mol. The summed E-state index contributed by atoms with van der Waals surface area (Å²) in [5.41, 5.74) is 2.74. The Bertz CT molecular complexity index is 563. The lowest BCUT2D eigenvalue weighted by Gasteiger charge is -2.26. The molecule has 2 atom stereocenters. The first-order valence-electron chi connectivity index (χ1n) is 8.61. The van der Waals surface area contributed by atoms with Gasteiger partial charge >= 0.3 is 6.03 Å². The zero-order valence-corrected chi connectivity index (χ0v) is 15.7. The molecule has 1 aliphatic rings. The van der Waals surface area contributed by atoms with E-state index in [4.69, 9.17) is 0 Å². The lowest BCUT2D eigenvalue weighted by atomic mass is 9.97. The van der Waals surface area contributed by atoms with Crippen LogP contribution in [0.5, 0.6) is 0 Å². The molecule has 5 heteroatoms. The van der Waals surface area contributed by atoms with Crippen molar-refractivity contribution in [1.29, 1.82) is 0 Å². The molecule has 0 spiro atoms. The fourth-order valence-corrected chi connectivity index (χ4v) is 3.54. The third kappa shape index (κ3) is 6.49. The molecule has 1 aromatic rings. The van der Waals surface area contributed by atoms with Gasteiger partial charge in [0.1, 0.15) is 0 Å². The number of nitrogens with one attached hydrogen (secondary N) is 2. The third-order valence-electron chi connectivity index (χ3n) is 4.33. The summed E-state index contributed by atoms with van der Waals surface area (Å²) in [6.45, 7) is 2.70. The van der Waals surface area contributed by atoms with E-state index in [1.807, 2.05) is 6.92 Å². The predicted molar refractivity (Wildman–Crippen MR) is 103 cm³/mol. The molecule has 0 saturated heterocycles. The van der Waals surface area contributed by atoms with Crippen LogP contribution in [0.15, 0.2) is 40.6 Å². The number of nitrogens with zero attached hydrogens (tertiary/aromatic N) is 1. The molecule has 1 aromatic heterocycles. The van der Waals surface area contributed by atoms with Crippen molar-refractivity contribution in [1.82, 2.24) is 15.5 Å². The smallest absolute Gasteiger partial charge is 0.315 e. The minimum absolute atomic E-state index is 0.0814. The first-order valence-corrected chi connectivity index (χ1v) is 9.55. The van der Waals surface area contributed by atoms with E-state index in [0.717, 1.165) is 25.7 Å². The lowest BCUT2D eigenvalue weighted by molar-refractivity contribution is 0.229. The van der Waals surface area contributed by atoms with Gasteiger partial charge in [-0.05, 0) is 69.1 Å². The van der Waals surface area contributed by atoms with Crippen LogP contribution in [-0.2, 0) is 6.42 Å². The zero-order chi connectivity index (χ0) is 17.4. The Morgan fingerprint density at radius 2 is 2.21 bits per heavy atom. The summed E-state index contributed by atoms with van der Waals surface area (Å²) in [6, 6.07) is 2.47. The third-order valence-corrected chi connectivity index (χ3v) is 5.06. The number of amides is 2. The lowest BCUT2D eigenvalue weighted by Crippen LogP contribution is -2.47. The maximum absolute atomic E-state index is 12.1. The summed E-state index contributed by atoms with van der Waals surface area (Å²) in [7, 11) is 4.14. The molecule has 0 fully saturated rings. The second-order valence-corrected chi connectivity index (χ2v) is 7.48. The SMILES string of the molecule is C[C@@H](Cc1ccsc1)NC(=O)NCC(CC1=CC=CCC1)N(C)C. The Morgan fingerprint density at radius 1 is 1.38 bits per heavy atom. The summed E-state index contributed by atoms with van der Waals surface area (Å²) in [5, 5.41) is 10.3. The fourth-order valence-electron chi connectivity index (χ4n) is 2.86. The Labute approximate surface area is 149 Å². The van der Waals surface area contributed by atoms with Crippen LogP contribution in [0, 0.1) is 0 Å². The Kier molecular flexibility index (Phi) is 7.53. The van der Waals surface area contributed by atoms with E-state index in [1.165, 1.54) is 11.1 Å². The van der Waals surface area contributed by atoms with Crippen molar-refractivity contribution in [2.75, 3.05) is 20.6 Å². The number of carbonyl (C=O) groups is 1. The number of urea groups is 1. The van der Waals surface area contributed by atoms with Crippen LogP contribution >= 0.6 is 11.3 Å². The summed E-state index contributed by atoms with van der Waals surface area (Å²) >= 11 is 1.69. The number of hydrogen-bond acceptors (Lipinski definition) is 3. The van der Waals surface area contributed by atoms with Gasteiger partial charge < -0.3 is 15.5 Å². The molecule has 132 valence electrons. The van der Waals surface area contributed by atoms with Gasteiger partial charge in [0.25, 0.3) is 0 Å². The molecule has 0 bridgehead atoms. The van der Waals surface area contributed by atoms with Crippen molar-refractivity contribution in [2.24, 2.45) is 0 Å². The van der Waals surface area contributed by atoms with Gasteiger partial charge in [0, 0.05) is 18.6 Å². The monoisotopic (exact) mass is 347 g/mol. The maximum atomic E-state index is 12.1. The van der Waals surface area contributed by atoms with Gasteiger partial charge in [-0.15, -0.1) is 0 Å². The quantitative estimate of drug-likeness (QED) is 0.755. The van der Waals surface area contributed by atoms with Gasteiger partial charge in [-0.2, -0.15) is 11.3 Å². The van der Waals surface area contributed by atoms with Crippen molar-refractivity contribution in [3.05, 3.63) is 46.2 Å². The molecule has 2 rings (SSSR count). The van der Waals surface area contributed by atoms with Crippen LogP contribution in [0.25, 0.3) is 0 Å². The van der Waals surface area contributed by atoms with Crippen LogP contribution in [-0.4, -0.2) is 43.7 Å². The van der Waals surface area contributed by atoms with E-state index < -0.39 is 0 Å². The van der Waals surface area contributed by atoms with Gasteiger partial charge in [-0.3, -0.25) is 0 Å². The molecule has 2 N–H and O–H groups in total. The molecule has 2 amide bonds. The first kappa shape index (κ1) is 18.7. The summed E-state index contributed by atoms with van der Waals surface area (Å²) in [4.78, 5) is 14.3. The van der Waals surface area contributed by atoms with Gasteiger partial charge in [-0.25, -0.2) is 4.79 Å². The zero-order valence-electron chi connectivity index (χ0n) is 14.9. The van der Waals surface area contributed by atoms with E-state index in [0.29, 0.717) is 12.6 Å². The molecule has 1 aliphatic carbocycles. The van der Waals surface area contributed by atoms with Crippen LogP contribution in [0.1, 0.15) is 31.7 Å². The van der Waals surface area contributed by atoms with E-state index >= 15 is 0 Å². The highest BCUT2D eigenvalue weighted by Gasteiger charge is 2.16. The first-order chi connectivity index (χ1) is 11.5. The average Bonchev–Trinajstić information content (AvgIpc) is 3.04. The van der Waals surface area contributed by atoms with Crippen LogP contribution in [0.3, 0.4) is 0 Å². The number of hydrogen-bond donors (Lipinski definition) is 2. The van der Waals surface area contributed by atoms with Gasteiger partial charge in [0.15, 0.2) is 0 Å². The minimum atomic E-state index is -0.0814. The fraction of sp³-hybridized carbons (Fsp3) is 0.526. The molecular formula is C19H29N3OS. The largest absolute Gasteiger partial charge is 0.337 e. The number of carbonyl (C=O) groups excluding carboxylic acids is 1. The molecule has 0 saturated carbocycles. The van der Waals surface area contributed by atoms with Gasteiger partial charge in [0.05, 0.1) is 0 Å².